The number of benzene rings is 2. The summed E-state index contributed by atoms with van der Waals surface area (Å²) < 4.78 is 44.4. The molecule has 1 unspecified atom stereocenters. The van der Waals surface area contributed by atoms with Crippen LogP contribution in [-0.4, -0.2) is 58.7 Å². The number of hydrogen-bond donors (Lipinski definition) is 0. The number of hydrogen-bond acceptors (Lipinski definition) is 8. The van der Waals surface area contributed by atoms with Gasteiger partial charge in [-0.05, 0) is 23.3 Å². The lowest BCUT2D eigenvalue weighted by Gasteiger charge is -2.13. The maximum absolute atomic E-state index is 12.5. The summed E-state index contributed by atoms with van der Waals surface area (Å²) >= 11 is -1.56. The fourth-order valence-corrected chi connectivity index (χ4v) is 3.71. The molecule has 0 aliphatic heterocycles. The molecule has 0 spiro atoms. The van der Waals surface area contributed by atoms with Crippen LogP contribution >= 0.6 is 0 Å². The molecule has 0 saturated heterocycles. The fourth-order valence-electron chi connectivity index (χ4n) is 2.95. The third-order valence-corrected chi connectivity index (χ3v) is 5.62. The van der Waals surface area contributed by atoms with Gasteiger partial charge in [0.25, 0.3) is 0 Å². The molecule has 178 valence electrons. The first-order valence-corrected chi connectivity index (χ1v) is 11.1. The Labute approximate surface area is 196 Å². The lowest BCUT2D eigenvalue weighted by molar-refractivity contribution is -0.112. The number of methoxy groups -OCH3 is 6. The van der Waals surface area contributed by atoms with Crippen molar-refractivity contribution < 1.29 is 37.8 Å². The Balaban J connectivity index is 2.17. The molecule has 0 aliphatic carbocycles. The number of ketones is 1. The molecule has 0 radical (unpaired) electrons. The van der Waals surface area contributed by atoms with E-state index >= 15 is 0 Å². The van der Waals surface area contributed by atoms with Crippen molar-refractivity contribution in [3.05, 3.63) is 46.9 Å². The van der Waals surface area contributed by atoms with Crippen molar-refractivity contribution in [3.63, 3.8) is 0 Å². The molecule has 0 fully saturated rings. The van der Waals surface area contributed by atoms with Gasteiger partial charge in [0.15, 0.2) is 5.75 Å². The molecule has 0 heterocycles. The zero-order chi connectivity index (χ0) is 24.4. The molecular weight excluding hydrogens is 448 g/mol. The van der Waals surface area contributed by atoms with Gasteiger partial charge >= 0.3 is 0 Å². The van der Waals surface area contributed by atoms with E-state index in [1.54, 1.807) is 36.4 Å². The first kappa shape index (κ1) is 26.0. The zero-order valence-corrected chi connectivity index (χ0v) is 20.3. The molecule has 33 heavy (non-hydrogen) atoms. The van der Waals surface area contributed by atoms with Gasteiger partial charge in [0.05, 0.1) is 53.8 Å². The SMILES string of the molecule is COc1cc(OC)c(/C=C\C(=O)C[S+]([O-])/C=C/c2c(OC)cc(OC)cc2OC)c(OC)c1. The summed E-state index contributed by atoms with van der Waals surface area (Å²) in [5.74, 6) is 2.54. The van der Waals surface area contributed by atoms with Crippen LogP contribution in [0.15, 0.2) is 35.7 Å². The van der Waals surface area contributed by atoms with Gasteiger partial charge in [-0.2, -0.15) is 0 Å². The number of rotatable bonds is 12. The summed E-state index contributed by atoms with van der Waals surface area (Å²) in [6.45, 7) is 0. The Hall–Kier alpha value is -3.30. The molecular formula is C24H28O8S. The van der Waals surface area contributed by atoms with Gasteiger partial charge in [-0.15, -0.1) is 0 Å². The molecule has 2 aromatic carbocycles. The van der Waals surface area contributed by atoms with Gasteiger partial charge < -0.3 is 33.0 Å². The maximum atomic E-state index is 12.5. The molecule has 0 amide bonds. The van der Waals surface area contributed by atoms with Crippen LogP contribution < -0.4 is 28.4 Å². The predicted molar refractivity (Wildman–Crippen MR) is 128 cm³/mol. The number of carbonyl (C=O) groups excluding carboxylic acids is 1. The molecule has 0 N–H and O–H groups in total. The largest absolute Gasteiger partial charge is 0.612 e. The Morgan fingerprint density at radius 2 is 1.12 bits per heavy atom. The van der Waals surface area contributed by atoms with Crippen molar-refractivity contribution in [2.45, 2.75) is 0 Å². The summed E-state index contributed by atoms with van der Waals surface area (Å²) in [6.07, 6.45) is 4.50. The molecule has 1 atom stereocenters. The van der Waals surface area contributed by atoms with Crippen LogP contribution in [0.25, 0.3) is 12.2 Å². The highest BCUT2D eigenvalue weighted by Gasteiger charge is 2.15. The molecule has 0 aliphatic rings. The van der Waals surface area contributed by atoms with E-state index in [2.05, 4.69) is 0 Å². The van der Waals surface area contributed by atoms with Crippen LogP contribution in [0.2, 0.25) is 0 Å². The Kier molecular flexibility index (Phi) is 9.96. The van der Waals surface area contributed by atoms with Crippen molar-refractivity contribution in [1.29, 1.82) is 0 Å². The van der Waals surface area contributed by atoms with Crippen LogP contribution in [0.5, 0.6) is 34.5 Å². The molecule has 0 bridgehead atoms. The summed E-state index contributed by atoms with van der Waals surface area (Å²) in [7, 11) is 9.11. The van der Waals surface area contributed by atoms with Crippen LogP contribution in [0.4, 0.5) is 0 Å². The van der Waals surface area contributed by atoms with Crippen LogP contribution in [0.3, 0.4) is 0 Å². The number of ether oxygens (including phenoxy) is 6. The van der Waals surface area contributed by atoms with Crippen molar-refractivity contribution in [2.24, 2.45) is 0 Å². The van der Waals surface area contributed by atoms with E-state index in [1.807, 2.05) is 0 Å². The highest BCUT2D eigenvalue weighted by atomic mass is 32.2. The van der Waals surface area contributed by atoms with Crippen LogP contribution in [0, 0.1) is 0 Å². The van der Waals surface area contributed by atoms with Crippen molar-refractivity contribution in [3.8, 4) is 34.5 Å². The van der Waals surface area contributed by atoms with Gasteiger partial charge in [-0.25, -0.2) is 0 Å². The Bertz CT molecular complexity index is 966. The monoisotopic (exact) mass is 476 g/mol. The van der Waals surface area contributed by atoms with E-state index in [-0.39, 0.29) is 11.5 Å². The summed E-state index contributed by atoms with van der Waals surface area (Å²) in [6, 6.07) is 6.75. The van der Waals surface area contributed by atoms with E-state index in [0.29, 0.717) is 45.6 Å². The van der Waals surface area contributed by atoms with E-state index in [4.69, 9.17) is 28.4 Å². The van der Waals surface area contributed by atoms with E-state index in [0.717, 1.165) is 0 Å². The zero-order valence-electron chi connectivity index (χ0n) is 19.5. The average Bonchev–Trinajstić information content (AvgIpc) is 2.84. The van der Waals surface area contributed by atoms with E-state index < -0.39 is 11.2 Å². The van der Waals surface area contributed by atoms with Crippen LogP contribution in [-0.2, 0) is 16.0 Å². The predicted octanol–water partition coefficient (Wildman–Crippen LogP) is 3.74. The minimum atomic E-state index is -1.56. The topological polar surface area (TPSA) is 95.5 Å². The summed E-state index contributed by atoms with van der Waals surface area (Å²) in [5, 5.41) is 1.42. The second kappa shape index (κ2) is 12.7. The van der Waals surface area contributed by atoms with E-state index in [1.165, 1.54) is 54.1 Å². The maximum Gasteiger partial charge on any atom is 0.205 e. The highest BCUT2D eigenvalue weighted by Crippen LogP contribution is 2.36. The van der Waals surface area contributed by atoms with Gasteiger partial charge in [0.2, 0.25) is 5.78 Å². The summed E-state index contributed by atoms with van der Waals surface area (Å²) in [4.78, 5) is 12.4. The van der Waals surface area contributed by atoms with Crippen molar-refractivity contribution >= 4 is 29.1 Å². The lowest BCUT2D eigenvalue weighted by atomic mass is 10.1. The smallest absolute Gasteiger partial charge is 0.205 e. The van der Waals surface area contributed by atoms with E-state index in [9.17, 15) is 9.35 Å². The van der Waals surface area contributed by atoms with Crippen LogP contribution in [0.1, 0.15) is 11.1 Å². The first-order valence-electron chi connectivity index (χ1n) is 9.77. The third-order valence-electron chi connectivity index (χ3n) is 4.61. The molecule has 8 nitrogen and oxygen atoms in total. The standard InChI is InChI=1S/C24H28O8S/c1-27-17-11-21(29-3)19(22(12-17)30-4)8-7-16(25)15-33(26)10-9-20-23(31-5)13-18(28-2)14-24(20)32-6/h7-14H,15H2,1-6H3/b8-7-,10-9+. The van der Waals surface area contributed by atoms with Crippen molar-refractivity contribution in [2.75, 3.05) is 48.4 Å². The van der Waals surface area contributed by atoms with Gasteiger partial charge in [-0.3, -0.25) is 4.79 Å². The second-order valence-corrected chi connectivity index (χ2v) is 7.84. The molecule has 0 aromatic heterocycles. The normalized spacial score (nSPS) is 12.0. The first-order chi connectivity index (χ1) is 15.9. The number of allylic oxidation sites excluding steroid dienone is 1. The third kappa shape index (κ3) is 6.84. The molecule has 2 aromatic rings. The molecule has 9 heteroatoms. The Morgan fingerprint density at radius 3 is 1.48 bits per heavy atom. The Morgan fingerprint density at radius 1 is 0.727 bits per heavy atom. The van der Waals surface area contributed by atoms with Crippen molar-refractivity contribution in [1.82, 2.24) is 0 Å². The minimum Gasteiger partial charge on any atom is -0.612 e. The fraction of sp³-hybridized carbons (Fsp3) is 0.292. The lowest BCUT2D eigenvalue weighted by Crippen LogP contribution is -2.11. The number of carbonyl (C=O) groups is 1. The minimum absolute atomic E-state index is 0.200. The average molecular weight is 477 g/mol. The van der Waals surface area contributed by atoms with Gasteiger partial charge in [-0.1, -0.05) is 0 Å². The quantitative estimate of drug-likeness (QED) is 0.338. The van der Waals surface area contributed by atoms with Gasteiger partial charge in [0.1, 0.15) is 39.9 Å². The highest BCUT2D eigenvalue weighted by molar-refractivity contribution is 7.95. The second-order valence-electron chi connectivity index (χ2n) is 6.52. The molecule has 2 rings (SSSR count). The summed E-state index contributed by atoms with van der Waals surface area (Å²) in [5.41, 5.74) is 1.16. The molecule has 0 saturated carbocycles. The van der Waals surface area contributed by atoms with Gasteiger partial charge in [0, 0.05) is 30.3 Å².